The SMILES string of the molecule is CC(C)(O[P+](=O)OC(C)(C)C(=O)C(F)(F)C1CCCCC1)C(=O)C(F)(F)C1CCCCC1. The fourth-order valence-corrected chi connectivity index (χ4v) is 5.53. The fraction of sp³-hybridized carbons (Fsp3) is 0.909. The number of hydrogen-bond acceptors (Lipinski definition) is 5. The monoisotopic (exact) mass is 485 g/mol. The first-order valence-corrected chi connectivity index (χ1v) is 12.4. The third kappa shape index (κ3) is 6.15. The highest BCUT2D eigenvalue weighted by molar-refractivity contribution is 7.33. The lowest BCUT2D eigenvalue weighted by molar-refractivity contribution is -0.171. The molecule has 2 fully saturated rings. The van der Waals surface area contributed by atoms with Gasteiger partial charge in [0.15, 0.2) is 11.2 Å². The maximum atomic E-state index is 14.8. The van der Waals surface area contributed by atoms with Gasteiger partial charge in [-0.3, -0.25) is 9.59 Å². The lowest BCUT2D eigenvalue weighted by atomic mass is 9.80. The van der Waals surface area contributed by atoms with Crippen LogP contribution in [0.1, 0.15) is 91.9 Å². The minimum absolute atomic E-state index is 0.204. The molecule has 32 heavy (non-hydrogen) atoms. The summed E-state index contributed by atoms with van der Waals surface area (Å²) in [6.07, 6.45) is 4.85. The van der Waals surface area contributed by atoms with Crippen molar-refractivity contribution in [2.45, 2.75) is 115 Å². The maximum absolute atomic E-state index is 14.8. The average molecular weight is 485 g/mol. The zero-order valence-electron chi connectivity index (χ0n) is 19.2. The van der Waals surface area contributed by atoms with Gasteiger partial charge in [0.2, 0.25) is 11.6 Å². The second-order valence-electron chi connectivity index (χ2n) is 10.0. The number of halogens is 4. The van der Waals surface area contributed by atoms with E-state index in [2.05, 4.69) is 0 Å². The van der Waals surface area contributed by atoms with E-state index in [1.807, 2.05) is 0 Å². The topological polar surface area (TPSA) is 69.7 Å². The van der Waals surface area contributed by atoms with Gasteiger partial charge in [0, 0.05) is 16.4 Å². The molecule has 2 aliphatic rings. The molecule has 0 unspecified atom stereocenters. The number of ketones is 2. The third-order valence-corrected chi connectivity index (χ3v) is 7.75. The van der Waals surface area contributed by atoms with Gasteiger partial charge in [0.25, 0.3) is 0 Å². The van der Waals surface area contributed by atoms with Gasteiger partial charge in [-0.15, -0.1) is 9.05 Å². The Morgan fingerprint density at radius 1 is 0.656 bits per heavy atom. The molecule has 2 aliphatic carbocycles. The van der Waals surface area contributed by atoms with Crippen LogP contribution >= 0.6 is 8.25 Å². The largest absolute Gasteiger partial charge is 0.699 e. The summed E-state index contributed by atoms with van der Waals surface area (Å²) in [5.74, 6) is -12.7. The smallest absolute Gasteiger partial charge is 0.289 e. The fourth-order valence-electron chi connectivity index (χ4n) is 4.58. The highest BCUT2D eigenvalue weighted by atomic mass is 31.1. The van der Waals surface area contributed by atoms with Crippen LogP contribution in [0.4, 0.5) is 17.6 Å². The van der Waals surface area contributed by atoms with Gasteiger partial charge < -0.3 is 0 Å². The van der Waals surface area contributed by atoms with Crippen LogP contribution in [0.2, 0.25) is 0 Å². The second kappa shape index (κ2) is 10.1. The third-order valence-electron chi connectivity index (χ3n) is 6.54. The van der Waals surface area contributed by atoms with Crippen molar-refractivity contribution in [3.8, 4) is 0 Å². The van der Waals surface area contributed by atoms with Crippen LogP contribution in [-0.2, 0) is 23.2 Å². The van der Waals surface area contributed by atoms with Crippen molar-refractivity contribution in [1.82, 2.24) is 0 Å². The van der Waals surface area contributed by atoms with Crippen molar-refractivity contribution in [2.24, 2.45) is 11.8 Å². The van der Waals surface area contributed by atoms with Crippen molar-refractivity contribution in [2.75, 3.05) is 0 Å². The number of Topliss-reactive ketones (excluding diaryl/α,β-unsaturated/α-hetero) is 2. The molecule has 10 heteroatoms. The predicted molar refractivity (Wildman–Crippen MR) is 111 cm³/mol. The molecule has 0 aromatic rings. The first-order valence-electron chi connectivity index (χ1n) is 11.3. The van der Waals surface area contributed by atoms with E-state index >= 15 is 0 Å². The molecule has 0 spiro atoms. The summed E-state index contributed by atoms with van der Waals surface area (Å²) in [6, 6.07) is 0. The normalized spacial score (nSPS) is 20.2. The molecule has 184 valence electrons. The lowest BCUT2D eigenvalue weighted by Crippen LogP contribution is -2.51. The highest BCUT2D eigenvalue weighted by Crippen LogP contribution is 2.45. The Morgan fingerprint density at radius 3 is 1.22 bits per heavy atom. The average Bonchev–Trinajstić information content (AvgIpc) is 2.72. The van der Waals surface area contributed by atoms with Crippen molar-refractivity contribution < 1.29 is 40.8 Å². The zero-order chi connectivity index (χ0) is 24.4. The first-order chi connectivity index (χ1) is 14.6. The number of hydrogen-bond donors (Lipinski definition) is 0. The quantitative estimate of drug-likeness (QED) is 0.251. The Labute approximate surface area is 187 Å². The summed E-state index contributed by atoms with van der Waals surface area (Å²) >= 11 is 0. The Kier molecular flexibility index (Phi) is 8.66. The van der Waals surface area contributed by atoms with Crippen molar-refractivity contribution in [1.29, 1.82) is 0 Å². The number of rotatable bonds is 10. The van der Waals surface area contributed by atoms with Gasteiger partial charge in [-0.25, -0.2) is 0 Å². The van der Waals surface area contributed by atoms with Crippen LogP contribution in [0.3, 0.4) is 0 Å². The predicted octanol–water partition coefficient (Wildman–Crippen LogP) is 6.80. The second-order valence-corrected chi connectivity index (χ2v) is 10.8. The van der Waals surface area contributed by atoms with E-state index in [0.29, 0.717) is 25.7 Å². The molecule has 2 rings (SSSR count). The van der Waals surface area contributed by atoms with Crippen molar-refractivity contribution in [3.05, 3.63) is 0 Å². The number of carbonyl (C=O) groups is 2. The summed E-state index contributed by atoms with van der Waals surface area (Å²) in [4.78, 5) is 25.1. The van der Waals surface area contributed by atoms with E-state index in [9.17, 15) is 31.7 Å². The van der Waals surface area contributed by atoms with Gasteiger partial charge in [-0.05, 0) is 53.4 Å². The summed E-state index contributed by atoms with van der Waals surface area (Å²) in [5, 5.41) is 0. The number of carbonyl (C=O) groups excluding carboxylic acids is 2. The van der Waals surface area contributed by atoms with Gasteiger partial charge in [0.05, 0.1) is 0 Å². The molecular weight excluding hydrogens is 451 g/mol. The molecule has 0 amide bonds. The molecule has 2 saturated carbocycles. The molecule has 0 N–H and O–H groups in total. The molecule has 0 aliphatic heterocycles. The van der Waals surface area contributed by atoms with Gasteiger partial charge in [0.1, 0.15) is 0 Å². The zero-order valence-corrected chi connectivity index (χ0v) is 20.1. The molecule has 0 radical (unpaired) electrons. The number of alkyl halides is 4. The van der Waals surface area contributed by atoms with Crippen LogP contribution < -0.4 is 0 Å². The molecule has 0 saturated heterocycles. The summed E-state index contributed by atoms with van der Waals surface area (Å²) in [7, 11) is -3.31. The van der Waals surface area contributed by atoms with Crippen molar-refractivity contribution in [3.63, 3.8) is 0 Å². The molecule has 0 aromatic carbocycles. The Bertz CT molecular complexity index is 653. The van der Waals surface area contributed by atoms with Gasteiger partial charge >= 0.3 is 20.1 Å². The van der Waals surface area contributed by atoms with E-state index in [0.717, 1.165) is 40.5 Å². The Balaban J connectivity index is 2.05. The molecule has 0 atom stereocenters. The lowest BCUT2D eigenvalue weighted by Gasteiger charge is -2.32. The minimum Gasteiger partial charge on any atom is -0.289 e. The minimum atomic E-state index is -3.68. The summed E-state index contributed by atoms with van der Waals surface area (Å²) in [5.41, 5.74) is -4.39. The van der Waals surface area contributed by atoms with Gasteiger partial charge in [-0.1, -0.05) is 38.5 Å². The van der Waals surface area contributed by atoms with E-state index in [4.69, 9.17) is 9.05 Å². The Morgan fingerprint density at radius 2 is 0.938 bits per heavy atom. The summed E-state index contributed by atoms with van der Waals surface area (Å²) < 4.78 is 81.4. The molecule has 5 nitrogen and oxygen atoms in total. The first kappa shape index (κ1) is 27.3. The molecular formula is C22H34F4O5P+. The summed E-state index contributed by atoms with van der Waals surface area (Å²) in [6.45, 7) is 4.14. The standard InChI is InChI=1S/C22H34F4O5P/c1-19(2,17(27)21(23,24)15-11-7-5-8-12-15)30-32(29)31-20(3,4)18(28)22(25,26)16-13-9-6-10-14-16/h15-16H,5-14H2,1-4H3/q+1. The Hall–Kier alpha value is -0.920. The van der Waals surface area contributed by atoms with E-state index in [1.54, 1.807) is 0 Å². The van der Waals surface area contributed by atoms with E-state index in [-0.39, 0.29) is 25.7 Å². The van der Waals surface area contributed by atoms with Crippen LogP contribution in [-0.4, -0.2) is 34.6 Å². The van der Waals surface area contributed by atoms with Gasteiger partial charge in [-0.2, -0.15) is 17.6 Å². The molecule has 0 aromatic heterocycles. The van der Waals surface area contributed by atoms with E-state index < -0.39 is 54.7 Å². The van der Waals surface area contributed by atoms with Crippen LogP contribution in [0.15, 0.2) is 0 Å². The van der Waals surface area contributed by atoms with E-state index in [1.165, 1.54) is 0 Å². The van der Waals surface area contributed by atoms with Crippen LogP contribution in [0.5, 0.6) is 0 Å². The highest BCUT2D eigenvalue weighted by Gasteiger charge is 2.59. The van der Waals surface area contributed by atoms with Crippen molar-refractivity contribution >= 4 is 19.8 Å². The van der Waals surface area contributed by atoms with Crippen LogP contribution in [0, 0.1) is 11.8 Å². The molecule has 0 bridgehead atoms. The maximum Gasteiger partial charge on any atom is 0.699 e. The molecule has 0 heterocycles. The van der Waals surface area contributed by atoms with Crippen LogP contribution in [0.25, 0.3) is 0 Å².